The fourth-order valence-corrected chi connectivity index (χ4v) is 2.66. The SMILES string of the molecule is O=C(NC1CCC(CO)CC1)c1ccc(Br)c(O)c1. The number of aliphatic hydroxyl groups is 1. The van der Waals surface area contributed by atoms with Crippen LogP contribution in [0, 0.1) is 5.92 Å². The second-order valence-corrected chi connectivity index (χ2v) is 5.89. The molecule has 0 radical (unpaired) electrons. The van der Waals surface area contributed by atoms with Gasteiger partial charge >= 0.3 is 0 Å². The number of nitrogens with one attached hydrogen (secondary N) is 1. The van der Waals surface area contributed by atoms with E-state index in [9.17, 15) is 9.90 Å². The minimum atomic E-state index is -0.157. The van der Waals surface area contributed by atoms with Crippen LogP contribution in [0.3, 0.4) is 0 Å². The maximum absolute atomic E-state index is 12.0. The van der Waals surface area contributed by atoms with Gasteiger partial charge in [-0.05, 0) is 65.7 Å². The Morgan fingerprint density at radius 1 is 1.32 bits per heavy atom. The van der Waals surface area contributed by atoms with Gasteiger partial charge in [-0.1, -0.05) is 0 Å². The molecule has 2 rings (SSSR count). The topological polar surface area (TPSA) is 69.6 Å². The molecule has 1 fully saturated rings. The van der Waals surface area contributed by atoms with Crippen molar-refractivity contribution in [2.24, 2.45) is 5.92 Å². The number of aromatic hydroxyl groups is 1. The van der Waals surface area contributed by atoms with Gasteiger partial charge in [0.2, 0.25) is 0 Å². The van der Waals surface area contributed by atoms with Gasteiger partial charge in [-0.3, -0.25) is 4.79 Å². The number of hydrogen-bond donors (Lipinski definition) is 3. The Bertz CT molecular complexity index is 456. The van der Waals surface area contributed by atoms with E-state index in [4.69, 9.17) is 5.11 Å². The van der Waals surface area contributed by atoms with E-state index < -0.39 is 0 Å². The summed E-state index contributed by atoms with van der Waals surface area (Å²) in [5.74, 6) is 0.289. The zero-order valence-electron chi connectivity index (χ0n) is 10.6. The quantitative estimate of drug-likeness (QED) is 0.798. The van der Waals surface area contributed by atoms with Gasteiger partial charge < -0.3 is 15.5 Å². The number of amides is 1. The van der Waals surface area contributed by atoms with Crippen molar-refractivity contribution in [3.05, 3.63) is 28.2 Å². The highest BCUT2D eigenvalue weighted by molar-refractivity contribution is 9.10. The van der Waals surface area contributed by atoms with Crippen LogP contribution in [0.1, 0.15) is 36.0 Å². The van der Waals surface area contributed by atoms with Gasteiger partial charge in [-0.25, -0.2) is 0 Å². The molecule has 1 aliphatic carbocycles. The molecule has 0 atom stereocenters. The number of carbonyl (C=O) groups is 1. The van der Waals surface area contributed by atoms with Gasteiger partial charge in [0.05, 0.1) is 4.47 Å². The summed E-state index contributed by atoms with van der Waals surface area (Å²) in [6.07, 6.45) is 3.71. The first-order valence-electron chi connectivity index (χ1n) is 6.50. The van der Waals surface area contributed by atoms with Crippen molar-refractivity contribution in [3.63, 3.8) is 0 Å². The molecule has 0 saturated heterocycles. The summed E-state index contributed by atoms with van der Waals surface area (Å²) in [5, 5.41) is 21.6. The summed E-state index contributed by atoms with van der Waals surface area (Å²) < 4.78 is 0.576. The molecule has 1 aromatic rings. The van der Waals surface area contributed by atoms with Gasteiger partial charge in [-0.15, -0.1) is 0 Å². The number of hydrogen-bond acceptors (Lipinski definition) is 3. The van der Waals surface area contributed by atoms with Crippen LogP contribution in [0.5, 0.6) is 5.75 Å². The Morgan fingerprint density at radius 2 is 2.00 bits per heavy atom. The molecule has 1 saturated carbocycles. The van der Waals surface area contributed by atoms with Gasteiger partial charge in [0.1, 0.15) is 5.75 Å². The number of phenolic OH excluding ortho intramolecular Hbond substituents is 1. The second kappa shape index (κ2) is 6.39. The van der Waals surface area contributed by atoms with E-state index in [0.29, 0.717) is 16.0 Å². The number of aliphatic hydroxyl groups excluding tert-OH is 1. The fraction of sp³-hybridized carbons (Fsp3) is 0.500. The Hall–Kier alpha value is -1.07. The van der Waals surface area contributed by atoms with E-state index in [-0.39, 0.29) is 24.3 Å². The third-order valence-corrected chi connectivity index (χ3v) is 4.32. The molecular formula is C14H18BrNO3. The molecular weight excluding hydrogens is 310 g/mol. The van der Waals surface area contributed by atoms with Crippen molar-refractivity contribution >= 4 is 21.8 Å². The average Bonchev–Trinajstić information content (AvgIpc) is 2.42. The van der Waals surface area contributed by atoms with E-state index in [0.717, 1.165) is 25.7 Å². The predicted octanol–water partition coefficient (Wildman–Crippen LogP) is 2.44. The zero-order valence-corrected chi connectivity index (χ0v) is 12.2. The van der Waals surface area contributed by atoms with E-state index in [2.05, 4.69) is 21.2 Å². The first-order chi connectivity index (χ1) is 9.10. The summed E-state index contributed by atoms with van der Waals surface area (Å²) in [6, 6.07) is 4.96. The lowest BCUT2D eigenvalue weighted by Gasteiger charge is -2.28. The van der Waals surface area contributed by atoms with Crippen molar-refractivity contribution in [1.82, 2.24) is 5.32 Å². The molecule has 1 aromatic carbocycles. The fourth-order valence-electron chi connectivity index (χ4n) is 2.41. The van der Waals surface area contributed by atoms with E-state index in [1.165, 1.54) is 6.07 Å². The van der Waals surface area contributed by atoms with E-state index in [1.807, 2.05) is 0 Å². The molecule has 0 aliphatic heterocycles. The molecule has 1 amide bonds. The first-order valence-corrected chi connectivity index (χ1v) is 7.29. The van der Waals surface area contributed by atoms with Crippen LogP contribution in [-0.2, 0) is 0 Å². The number of rotatable bonds is 3. The summed E-state index contributed by atoms with van der Waals surface area (Å²) in [4.78, 5) is 12.0. The number of carbonyl (C=O) groups excluding carboxylic acids is 1. The normalized spacial score (nSPS) is 23.1. The standard InChI is InChI=1S/C14H18BrNO3/c15-12-6-3-10(7-13(12)18)14(19)16-11-4-1-9(8-17)2-5-11/h3,6-7,9,11,17-18H,1-2,4-5,8H2,(H,16,19). The minimum Gasteiger partial charge on any atom is -0.507 e. The molecule has 0 aromatic heterocycles. The largest absolute Gasteiger partial charge is 0.507 e. The predicted molar refractivity (Wildman–Crippen MR) is 76.1 cm³/mol. The number of phenols is 1. The molecule has 19 heavy (non-hydrogen) atoms. The molecule has 4 nitrogen and oxygen atoms in total. The molecule has 1 aliphatic rings. The lowest BCUT2D eigenvalue weighted by Crippen LogP contribution is -2.38. The number of benzene rings is 1. The minimum absolute atomic E-state index is 0.0663. The third-order valence-electron chi connectivity index (χ3n) is 3.65. The van der Waals surface area contributed by atoms with Gasteiger partial charge in [0, 0.05) is 18.2 Å². The van der Waals surface area contributed by atoms with Gasteiger partial charge in [0.15, 0.2) is 0 Å². The molecule has 5 heteroatoms. The smallest absolute Gasteiger partial charge is 0.251 e. The maximum Gasteiger partial charge on any atom is 0.251 e. The van der Waals surface area contributed by atoms with Gasteiger partial charge in [0.25, 0.3) is 5.91 Å². The molecule has 0 spiro atoms. The zero-order chi connectivity index (χ0) is 13.8. The van der Waals surface area contributed by atoms with Crippen LogP contribution in [-0.4, -0.2) is 28.8 Å². The Kier molecular flexibility index (Phi) is 4.82. The molecule has 104 valence electrons. The van der Waals surface area contributed by atoms with Gasteiger partial charge in [-0.2, -0.15) is 0 Å². The van der Waals surface area contributed by atoms with Crippen molar-refractivity contribution in [3.8, 4) is 5.75 Å². The van der Waals surface area contributed by atoms with E-state index in [1.54, 1.807) is 12.1 Å². The van der Waals surface area contributed by atoms with Crippen LogP contribution in [0.25, 0.3) is 0 Å². The van der Waals surface area contributed by atoms with Crippen LogP contribution in [0.2, 0.25) is 0 Å². The first kappa shape index (κ1) is 14.3. The third kappa shape index (κ3) is 3.70. The molecule has 3 N–H and O–H groups in total. The van der Waals surface area contributed by atoms with Crippen molar-refractivity contribution in [2.75, 3.05) is 6.61 Å². The summed E-state index contributed by atoms with van der Waals surface area (Å²) >= 11 is 3.19. The highest BCUT2D eigenvalue weighted by Crippen LogP contribution is 2.26. The van der Waals surface area contributed by atoms with Crippen LogP contribution in [0.15, 0.2) is 22.7 Å². The van der Waals surface area contributed by atoms with Crippen molar-refractivity contribution in [1.29, 1.82) is 0 Å². The highest BCUT2D eigenvalue weighted by Gasteiger charge is 2.22. The Labute approximate surface area is 121 Å². The number of halogens is 1. The lowest BCUT2D eigenvalue weighted by molar-refractivity contribution is 0.0913. The summed E-state index contributed by atoms with van der Waals surface area (Å²) in [6.45, 7) is 0.237. The molecule has 0 heterocycles. The van der Waals surface area contributed by atoms with E-state index >= 15 is 0 Å². The monoisotopic (exact) mass is 327 g/mol. The highest BCUT2D eigenvalue weighted by atomic mass is 79.9. The van der Waals surface area contributed by atoms with Crippen molar-refractivity contribution in [2.45, 2.75) is 31.7 Å². The Balaban J connectivity index is 1.92. The average molecular weight is 328 g/mol. The second-order valence-electron chi connectivity index (χ2n) is 5.04. The molecule has 0 bridgehead atoms. The maximum atomic E-state index is 12.0. The lowest BCUT2D eigenvalue weighted by atomic mass is 9.86. The van der Waals surface area contributed by atoms with Crippen LogP contribution >= 0.6 is 15.9 Å². The summed E-state index contributed by atoms with van der Waals surface area (Å²) in [5.41, 5.74) is 0.463. The Morgan fingerprint density at radius 3 is 2.58 bits per heavy atom. The van der Waals surface area contributed by atoms with Crippen LogP contribution in [0.4, 0.5) is 0 Å². The van der Waals surface area contributed by atoms with Crippen molar-refractivity contribution < 1.29 is 15.0 Å². The summed E-state index contributed by atoms with van der Waals surface area (Å²) in [7, 11) is 0. The molecule has 0 unspecified atom stereocenters. The van der Waals surface area contributed by atoms with Crippen LogP contribution < -0.4 is 5.32 Å².